The zero-order valence-corrected chi connectivity index (χ0v) is 17.1. The molecule has 0 aliphatic heterocycles. The van der Waals surface area contributed by atoms with Crippen LogP contribution >= 0.6 is 11.6 Å². The second-order valence-corrected chi connectivity index (χ2v) is 7.89. The van der Waals surface area contributed by atoms with E-state index in [1.54, 1.807) is 8.97 Å². The van der Waals surface area contributed by atoms with E-state index < -0.39 is 0 Å². The first kappa shape index (κ1) is 17.9. The van der Waals surface area contributed by atoms with Gasteiger partial charge in [0.25, 0.3) is 0 Å². The van der Waals surface area contributed by atoms with Crippen molar-refractivity contribution in [3.8, 4) is 16.8 Å². The number of halogens is 1. The van der Waals surface area contributed by atoms with E-state index in [9.17, 15) is 4.79 Å². The predicted octanol–water partition coefficient (Wildman–Crippen LogP) is 6.11. The van der Waals surface area contributed by atoms with E-state index in [1.165, 1.54) is 0 Å². The molecule has 148 valence electrons. The minimum Gasteiger partial charge on any atom is -0.261 e. The van der Waals surface area contributed by atoms with Crippen LogP contribution in [0, 0.1) is 0 Å². The van der Waals surface area contributed by atoms with Crippen LogP contribution in [0.4, 0.5) is 0 Å². The summed E-state index contributed by atoms with van der Waals surface area (Å²) >= 11 is 6.34. The summed E-state index contributed by atoms with van der Waals surface area (Å²) in [5.74, 6) is 0. The van der Waals surface area contributed by atoms with Gasteiger partial charge in [0.05, 0.1) is 22.2 Å². The van der Waals surface area contributed by atoms with E-state index in [-0.39, 0.29) is 5.69 Å². The van der Waals surface area contributed by atoms with Gasteiger partial charge in [0.1, 0.15) is 0 Å². The molecule has 0 spiro atoms. The van der Waals surface area contributed by atoms with Crippen LogP contribution in [0.25, 0.3) is 44.4 Å². The summed E-state index contributed by atoms with van der Waals surface area (Å²) in [7, 11) is 0. The summed E-state index contributed by atoms with van der Waals surface area (Å²) in [6.45, 7) is 0. The maximum atomic E-state index is 13.8. The third-order valence-electron chi connectivity index (χ3n) is 5.60. The lowest BCUT2D eigenvalue weighted by Gasteiger charge is -2.14. The van der Waals surface area contributed by atoms with Crippen LogP contribution in [-0.4, -0.2) is 14.0 Å². The van der Waals surface area contributed by atoms with Crippen molar-refractivity contribution in [2.75, 3.05) is 0 Å². The number of imidazole rings is 1. The van der Waals surface area contributed by atoms with Gasteiger partial charge in [-0.05, 0) is 53.6 Å². The maximum Gasteiger partial charge on any atom is 0.339 e. The van der Waals surface area contributed by atoms with Gasteiger partial charge in [-0.1, -0.05) is 66.2 Å². The van der Waals surface area contributed by atoms with Gasteiger partial charge in [0, 0.05) is 10.4 Å². The fraction of sp³-hybridized carbons (Fsp3) is 0. The van der Waals surface area contributed by atoms with Gasteiger partial charge in [-0.2, -0.15) is 0 Å². The molecule has 0 bridgehead atoms. The first-order valence-electron chi connectivity index (χ1n) is 9.98. The first-order chi connectivity index (χ1) is 15.2. The monoisotopic (exact) mass is 421 g/mol. The second-order valence-electron chi connectivity index (χ2n) is 7.46. The zero-order valence-electron chi connectivity index (χ0n) is 16.4. The van der Waals surface area contributed by atoms with Gasteiger partial charge in [0.15, 0.2) is 5.65 Å². The molecule has 0 saturated heterocycles. The van der Waals surface area contributed by atoms with E-state index in [0.717, 1.165) is 38.8 Å². The molecule has 2 aromatic heterocycles. The fourth-order valence-corrected chi connectivity index (χ4v) is 4.35. The van der Waals surface area contributed by atoms with Crippen molar-refractivity contribution in [3.05, 3.63) is 113 Å². The Morgan fingerprint density at radius 1 is 0.710 bits per heavy atom. The van der Waals surface area contributed by atoms with Crippen LogP contribution in [0.3, 0.4) is 0 Å². The average molecular weight is 422 g/mol. The van der Waals surface area contributed by atoms with Gasteiger partial charge >= 0.3 is 5.69 Å². The summed E-state index contributed by atoms with van der Waals surface area (Å²) in [4.78, 5) is 18.6. The fourth-order valence-electron chi connectivity index (χ4n) is 4.19. The molecule has 4 aromatic carbocycles. The highest BCUT2D eigenvalue weighted by atomic mass is 35.5. The molecule has 0 aliphatic rings. The lowest BCUT2D eigenvalue weighted by molar-refractivity contribution is 0.932. The molecular weight excluding hydrogens is 406 g/mol. The van der Waals surface area contributed by atoms with E-state index in [1.807, 2.05) is 84.9 Å². The smallest absolute Gasteiger partial charge is 0.261 e. The quantitative estimate of drug-likeness (QED) is 0.338. The minimum absolute atomic E-state index is 0.177. The van der Waals surface area contributed by atoms with Gasteiger partial charge in [0.2, 0.25) is 0 Å². The van der Waals surface area contributed by atoms with Crippen LogP contribution in [-0.2, 0) is 0 Å². The first-order valence-corrected chi connectivity index (χ1v) is 10.4. The van der Waals surface area contributed by atoms with Crippen molar-refractivity contribution in [2.45, 2.75) is 0 Å². The Bertz CT molecular complexity index is 1670. The number of rotatable bonds is 2. The van der Waals surface area contributed by atoms with Crippen molar-refractivity contribution in [3.63, 3.8) is 0 Å². The molecule has 6 rings (SSSR count). The van der Waals surface area contributed by atoms with Gasteiger partial charge in [-0.15, -0.1) is 0 Å². The minimum atomic E-state index is -0.177. The maximum absolute atomic E-state index is 13.8. The van der Waals surface area contributed by atoms with Gasteiger partial charge in [-0.3, -0.25) is 4.57 Å². The van der Waals surface area contributed by atoms with Crippen LogP contribution in [0.5, 0.6) is 0 Å². The molecule has 2 heterocycles. The Morgan fingerprint density at radius 3 is 2.35 bits per heavy atom. The number of aromatic nitrogens is 3. The zero-order chi connectivity index (χ0) is 20.9. The summed E-state index contributed by atoms with van der Waals surface area (Å²) in [5, 5.41) is 1.44. The van der Waals surface area contributed by atoms with E-state index in [0.29, 0.717) is 10.7 Å². The number of benzene rings is 4. The second kappa shape index (κ2) is 6.83. The normalized spacial score (nSPS) is 11.5. The summed E-state index contributed by atoms with van der Waals surface area (Å²) in [6.07, 6.45) is 0. The van der Waals surface area contributed by atoms with Crippen LogP contribution < -0.4 is 5.69 Å². The molecule has 0 aliphatic carbocycles. The molecule has 0 unspecified atom stereocenters. The molecular formula is C26H16ClN3O. The largest absolute Gasteiger partial charge is 0.339 e. The molecule has 31 heavy (non-hydrogen) atoms. The molecule has 0 saturated carbocycles. The van der Waals surface area contributed by atoms with Gasteiger partial charge < -0.3 is 0 Å². The van der Waals surface area contributed by atoms with Crippen molar-refractivity contribution < 1.29 is 0 Å². The number of fused-ring (bicyclic) bond motifs is 5. The third kappa shape index (κ3) is 2.76. The topological polar surface area (TPSA) is 39.3 Å². The predicted molar refractivity (Wildman–Crippen MR) is 126 cm³/mol. The molecule has 5 heteroatoms. The molecule has 0 radical (unpaired) electrons. The number of hydrogen-bond donors (Lipinski definition) is 0. The van der Waals surface area contributed by atoms with Crippen molar-refractivity contribution in [1.29, 1.82) is 0 Å². The molecule has 4 nitrogen and oxygen atoms in total. The highest BCUT2D eigenvalue weighted by molar-refractivity contribution is 6.31. The molecule has 6 aromatic rings. The molecule has 0 N–H and O–H groups in total. The highest BCUT2D eigenvalue weighted by Gasteiger charge is 2.17. The lowest BCUT2D eigenvalue weighted by Crippen LogP contribution is -2.25. The highest BCUT2D eigenvalue weighted by Crippen LogP contribution is 2.28. The average Bonchev–Trinajstić information content (AvgIpc) is 3.20. The molecule has 0 atom stereocenters. The summed E-state index contributed by atoms with van der Waals surface area (Å²) in [5.41, 5.74) is 5.66. The van der Waals surface area contributed by atoms with E-state index in [2.05, 4.69) is 12.1 Å². The summed E-state index contributed by atoms with van der Waals surface area (Å²) in [6, 6.07) is 31.4. The SMILES string of the molecule is O=c1n(-c2cccc(-c3ccccc3)c2)c2cc(Cl)ccc2c2nc3ccccc3n12. The molecule has 0 amide bonds. The Kier molecular flexibility index (Phi) is 3.95. The van der Waals surface area contributed by atoms with Gasteiger partial charge in [-0.25, -0.2) is 14.2 Å². The van der Waals surface area contributed by atoms with Crippen LogP contribution in [0.1, 0.15) is 0 Å². The Labute approximate surface area is 182 Å². The van der Waals surface area contributed by atoms with Crippen molar-refractivity contribution in [2.24, 2.45) is 0 Å². The Balaban J connectivity index is 1.76. The van der Waals surface area contributed by atoms with E-state index in [4.69, 9.17) is 16.6 Å². The Hall–Kier alpha value is -3.89. The van der Waals surface area contributed by atoms with Crippen LogP contribution in [0.2, 0.25) is 5.02 Å². The van der Waals surface area contributed by atoms with Crippen LogP contribution in [0.15, 0.2) is 102 Å². The lowest BCUT2D eigenvalue weighted by atomic mass is 10.1. The number of hydrogen-bond acceptors (Lipinski definition) is 2. The summed E-state index contributed by atoms with van der Waals surface area (Å²) < 4.78 is 3.40. The Morgan fingerprint density at radius 2 is 1.48 bits per heavy atom. The number of nitrogens with zero attached hydrogens (tertiary/aromatic N) is 3. The van der Waals surface area contributed by atoms with Crippen molar-refractivity contribution >= 4 is 39.2 Å². The standard InChI is InChI=1S/C26H16ClN3O/c27-19-13-14-21-24(16-19)29(20-10-6-9-18(15-20)17-7-2-1-3-8-17)26(31)30-23-12-5-4-11-22(23)28-25(21)30/h1-16H. The van der Waals surface area contributed by atoms with Crippen molar-refractivity contribution in [1.82, 2.24) is 14.0 Å². The third-order valence-corrected chi connectivity index (χ3v) is 5.83. The van der Waals surface area contributed by atoms with E-state index >= 15 is 0 Å². The molecule has 0 fully saturated rings. The number of para-hydroxylation sites is 2.